The van der Waals surface area contributed by atoms with Crippen molar-refractivity contribution in [3.05, 3.63) is 0 Å². The number of carboxylic acid groups (broad SMARTS) is 1. The van der Waals surface area contributed by atoms with Crippen LogP contribution in [0.5, 0.6) is 0 Å². The number of imide groups is 1. The first-order valence-electron chi connectivity index (χ1n) is 3.24. The van der Waals surface area contributed by atoms with Gasteiger partial charge < -0.3 is 9.90 Å². The van der Waals surface area contributed by atoms with Gasteiger partial charge in [0.15, 0.2) is 0 Å². The van der Waals surface area contributed by atoms with Gasteiger partial charge in [0, 0.05) is 11.9 Å². The van der Waals surface area contributed by atoms with E-state index in [1.807, 2.05) is 5.32 Å². The van der Waals surface area contributed by atoms with Gasteiger partial charge in [0.1, 0.15) is 5.25 Å². The molecule has 0 bridgehead atoms. The van der Waals surface area contributed by atoms with Gasteiger partial charge in [-0.05, 0) is 0 Å². The zero-order valence-electron chi connectivity index (χ0n) is 6.20. The maximum atomic E-state index is 10.9. The Kier molecular flexibility index (Phi) is 2.37. The van der Waals surface area contributed by atoms with Gasteiger partial charge in [0.05, 0.1) is 0 Å². The van der Waals surface area contributed by atoms with Crippen molar-refractivity contribution in [3.8, 4) is 0 Å². The van der Waals surface area contributed by atoms with E-state index in [0.717, 1.165) is 0 Å². The Morgan fingerprint density at radius 3 is 2.58 bits per heavy atom. The Hall–Kier alpha value is -1.04. The van der Waals surface area contributed by atoms with Crippen LogP contribution in [0.2, 0.25) is 0 Å². The molecule has 0 aromatic carbocycles. The summed E-state index contributed by atoms with van der Waals surface area (Å²) in [7, 11) is 0. The Labute approximate surface area is 72.5 Å². The first-order chi connectivity index (χ1) is 5.52. The van der Waals surface area contributed by atoms with Crippen molar-refractivity contribution in [1.29, 1.82) is 0 Å². The second-order valence-electron chi connectivity index (χ2n) is 2.42. The summed E-state index contributed by atoms with van der Waals surface area (Å²) in [5, 5.41) is 11.0. The topological polar surface area (TPSA) is 86.3 Å². The molecule has 1 saturated heterocycles. The van der Waals surface area contributed by atoms with Crippen LogP contribution in [0.15, 0.2) is 0 Å². The molecule has 1 fully saturated rings. The Morgan fingerprint density at radius 2 is 2.25 bits per heavy atom. The van der Waals surface area contributed by atoms with Crippen molar-refractivity contribution >= 4 is 28.9 Å². The molecule has 1 heterocycles. The number of hydrogen-bond donors (Lipinski definition) is 1. The number of nitrogens with one attached hydrogen (secondary N) is 1. The van der Waals surface area contributed by atoms with Crippen LogP contribution in [0.3, 0.4) is 0 Å². The van der Waals surface area contributed by atoms with E-state index in [0.29, 0.717) is 11.8 Å². The molecule has 1 rings (SSSR count). The smallest absolute Gasteiger partial charge is 0.286 e. The van der Waals surface area contributed by atoms with E-state index in [2.05, 4.69) is 0 Å². The zero-order chi connectivity index (χ0) is 9.30. The summed E-state index contributed by atoms with van der Waals surface area (Å²) < 4.78 is 0. The van der Waals surface area contributed by atoms with E-state index in [4.69, 9.17) is 0 Å². The van der Waals surface area contributed by atoms with Crippen molar-refractivity contribution < 1.29 is 19.5 Å². The predicted molar refractivity (Wildman–Crippen MR) is 39.1 cm³/mol. The number of carboxylic acids is 1. The molecule has 6 heteroatoms. The van der Waals surface area contributed by atoms with Crippen molar-refractivity contribution in [2.45, 2.75) is 12.2 Å². The first kappa shape index (κ1) is 9.05. The molecule has 12 heavy (non-hydrogen) atoms. The van der Waals surface area contributed by atoms with Crippen LogP contribution >= 0.6 is 11.8 Å². The van der Waals surface area contributed by atoms with Gasteiger partial charge in [-0.25, -0.2) is 0 Å². The molecule has 0 aliphatic carbocycles. The third-order valence-electron chi connectivity index (χ3n) is 1.54. The molecule has 0 spiro atoms. The van der Waals surface area contributed by atoms with E-state index in [1.165, 1.54) is 6.92 Å². The highest BCUT2D eigenvalue weighted by Crippen LogP contribution is 2.25. The minimum Gasteiger partial charge on any atom is -0.550 e. The Balaban J connectivity index is 2.70. The highest BCUT2D eigenvalue weighted by molar-refractivity contribution is 8.15. The molecule has 0 saturated carbocycles. The summed E-state index contributed by atoms with van der Waals surface area (Å²) in [4.78, 5) is 31.8. The van der Waals surface area contributed by atoms with E-state index < -0.39 is 28.3 Å². The van der Waals surface area contributed by atoms with Crippen LogP contribution in [-0.4, -0.2) is 22.4 Å². The van der Waals surface area contributed by atoms with Crippen LogP contribution < -0.4 is 10.4 Å². The lowest BCUT2D eigenvalue weighted by molar-refractivity contribution is -0.310. The summed E-state index contributed by atoms with van der Waals surface area (Å²) >= 11 is 0.690. The molecule has 1 aliphatic heterocycles. The van der Waals surface area contributed by atoms with Gasteiger partial charge >= 0.3 is 0 Å². The fourth-order valence-corrected chi connectivity index (χ4v) is 1.69. The number of carbonyl (C=O) groups is 3. The number of hydrogen-bond acceptors (Lipinski definition) is 5. The van der Waals surface area contributed by atoms with Crippen molar-refractivity contribution in [1.82, 2.24) is 5.32 Å². The number of amides is 2. The average Bonchev–Trinajstić information content (AvgIpc) is 2.28. The lowest BCUT2D eigenvalue weighted by atomic mass is 10.1. The minimum absolute atomic E-state index is 0.502. The third kappa shape index (κ3) is 1.58. The van der Waals surface area contributed by atoms with E-state index in [9.17, 15) is 19.5 Å². The fraction of sp³-hybridized carbons (Fsp3) is 0.500. The predicted octanol–water partition coefficient (Wildman–Crippen LogP) is -1.28. The number of aliphatic carboxylic acids is 1. The monoisotopic (exact) mass is 188 g/mol. The van der Waals surface area contributed by atoms with Gasteiger partial charge in [-0.15, -0.1) is 0 Å². The Morgan fingerprint density at radius 1 is 1.67 bits per heavy atom. The molecule has 0 unspecified atom stereocenters. The molecule has 2 atom stereocenters. The van der Waals surface area contributed by atoms with E-state index >= 15 is 0 Å². The molecule has 2 amide bonds. The summed E-state index contributed by atoms with van der Waals surface area (Å²) in [6.07, 6.45) is 0. The Bertz CT molecular complexity index is 252. The molecule has 5 nitrogen and oxygen atoms in total. The maximum absolute atomic E-state index is 10.9. The molecular formula is C6H6NO4S-. The summed E-state index contributed by atoms with van der Waals surface area (Å²) in [6.45, 7) is 1.34. The van der Waals surface area contributed by atoms with Crippen LogP contribution in [0.1, 0.15) is 6.92 Å². The lowest BCUT2D eigenvalue weighted by Crippen LogP contribution is -2.39. The van der Waals surface area contributed by atoms with Crippen molar-refractivity contribution in [2.75, 3.05) is 0 Å². The highest BCUT2D eigenvalue weighted by atomic mass is 32.2. The number of rotatable bonds is 2. The fourth-order valence-electron chi connectivity index (χ4n) is 0.823. The van der Waals surface area contributed by atoms with Crippen LogP contribution in [0, 0.1) is 5.92 Å². The van der Waals surface area contributed by atoms with Crippen molar-refractivity contribution in [2.24, 2.45) is 5.92 Å². The van der Waals surface area contributed by atoms with Gasteiger partial charge in [-0.3, -0.25) is 14.9 Å². The number of carbonyl (C=O) groups excluding carboxylic acids is 3. The standard InChI is InChI=1S/C6H7NO4S/c1-2(5(9)10)3-4(8)7-6(11)12-3/h2-3H,1H3,(H,9,10)(H,7,8,11)/p-1/t2-,3+/m1/s1. The molecular weight excluding hydrogens is 182 g/mol. The summed E-state index contributed by atoms with van der Waals surface area (Å²) in [5.41, 5.74) is 0. The van der Waals surface area contributed by atoms with Crippen molar-refractivity contribution in [3.63, 3.8) is 0 Å². The SMILES string of the molecule is C[C@@H](C(=O)[O-])[C@@H]1SC(=O)NC1=O. The zero-order valence-corrected chi connectivity index (χ0v) is 7.01. The third-order valence-corrected chi connectivity index (χ3v) is 2.74. The quantitative estimate of drug-likeness (QED) is 0.583. The van der Waals surface area contributed by atoms with E-state index in [-0.39, 0.29) is 0 Å². The molecule has 1 N–H and O–H groups in total. The van der Waals surface area contributed by atoms with Gasteiger partial charge in [0.25, 0.3) is 5.24 Å². The largest absolute Gasteiger partial charge is 0.550 e. The second kappa shape index (κ2) is 3.14. The minimum atomic E-state index is -1.32. The van der Waals surface area contributed by atoms with E-state index in [1.54, 1.807) is 0 Å². The van der Waals surface area contributed by atoms with Crippen LogP contribution in [-0.2, 0) is 9.59 Å². The van der Waals surface area contributed by atoms with Crippen LogP contribution in [0.25, 0.3) is 0 Å². The molecule has 0 radical (unpaired) electrons. The average molecular weight is 188 g/mol. The maximum Gasteiger partial charge on any atom is 0.286 e. The number of thioether (sulfide) groups is 1. The van der Waals surface area contributed by atoms with Gasteiger partial charge in [-0.1, -0.05) is 18.7 Å². The van der Waals surface area contributed by atoms with Crippen LogP contribution in [0.4, 0.5) is 4.79 Å². The second-order valence-corrected chi connectivity index (χ2v) is 3.54. The first-order valence-corrected chi connectivity index (χ1v) is 4.12. The molecule has 66 valence electrons. The molecule has 0 aromatic rings. The lowest BCUT2D eigenvalue weighted by Gasteiger charge is -2.15. The highest BCUT2D eigenvalue weighted by Gasteiger charge is 2.36. The van der Waals surface area contributed by atoms with Gasteiger partial charge in [0.2, 0.25) is 5.91 Å². The molecule has 0 aromatic heterocycles. The normalized spacial score (nSPS) is 25.2. The summed E-state index contributed by atoms with van der Waals surface area (Å²) in [6, 6.07) is 0. The molecule has 1 aliphatic rings. The summed E-state index contributed by atoms with van der Waals surface area (Å²) in [5.74, 6) is -2.82. The van der Waals surface area contributed by atoms with Gasteiger partial charge in [-0.2, -0.15) is 0 Å².